The standard InChI is InChI=1S/C18H22N2O4/c1-12-4-3-5-13(6-12)7-14(11-21)9-20-17(22)15-8-16(19-10-15)18(23)24-2/h3-6,8,10,14,19,21H,7,9,11H2,1-2H3,(H,20,22). The number of esters is 1. The van der Waals surface area contributed by atoms with Crippen LogP contribution in [0.2, 0.25) is 0 Å². The Bertz CT molecular complexity index is 709. The molecule has 0 saturated carbocycles. The van der Waals surface area contributed by atoms with Crippen molar-refractivity contribution in [3.63, 3.8) is 0 Å². The number of methoxy groups -OCH3 is 1. The molecule has 0 aliphatic carbocycles. The van der Waals surface area contributed by atoms with Gasteiger partial charge in [-0.15, -0.1) is 0 Å². The third kappa shape index (κ3) is 4.70. The predicted molar refractivity (Wildman–Crippen MR) is 89.9 cm³/mol. The monoisotopic (exact) mass is 330 g/mol. The minimum Gasteiger partial charge on any atom is -0.464 e. The van der Waals surface area contributed by atoms with Gasteiger partial charge in [0.1, 0.15) is 5.69 Å². The van der Waals surface area contributed by atoms with Crippen molar-refractivity contribution < 1.29 is 19.4 Å². The van der Waals surface area contributed by atoms with Crippen LogP contribution in [0, 0.1) is 12.8 Å². The summed E-state index contributed by atoms with van der Waals surface area (Å²) in [6.45, 7) is 2.35. The topological polar surface area (TPSA) is 91.4 Å². The number of nitrogens with one attached hydrogen (secondary N) is 2. The third-order valence-corrected chi connectivity index (χ3v) is 3.77. The number of benzene rings is 1. The normalized spacial score (nSPS) is 11.8. The molecule has 1 heterocycles. The Labute approximate surface area is 140 Å². The molecule has 1 aromatic heterocycles. The van der Waals surface area contributed by atoms with Crippen LogP contribution in [0.5, 0.6) is 0 Å². The maximum atomic E-state index is 12.1. The van der Waals surface area contributed by atoms with Crippen LogP contribution < -0.4 is 5.32 Å². The predicted octanol–water partition coefficient (Wildman–Crippen LogP) is 1.69. The van der Waals surface area contributed by atoms with Crippen molar-refractivity contribution in [1.29, 1.82) is 0 Å². The van der Waals surface area contributed by atoms with E-state index < -0.39 is 5.97 Å². The maximum Gasteiger partial charge on any atom is 0.354 e. The van der Waals surface area contributed by atoms with Crippen LogP contribution in [0.1, 0.15) is 32.0 Å². The van der Waals surface area contributed by atoms with Crippen LogP contribution >= 0.6 is 0 Å². The van der Waals surface area contributed by atoms with E-state index >= 15 is 0 Å². The van der Waals surface area contributed by atoms with Crippen LogP contribution in [-0.4, -0.2) is 42.2 Å². The van der Waals surface area contributed by atoms with E-state index in [1.54, 1.807) is 0 Å². The molecule has 3 N–H and O–H groups in total. The number of carbonyl (C=O) groups excluding carboxylic acids is 2. The third-order valence-electron chi connectivity index (χ3n) is 3.77. The number of ether oxygens (including phenoxy) is 1. The molecule has 0 aliphatic heterocycles. The zero-order valence-corrected chi connectivity index (χ0v) is 13.8. The number of rotatable bonds is 7. The number of hydrogen-bond donors (Lipinski definition) is 3. The van der Waals surface area contributed by atoms with Crippen molar-refractivity contribution in [1.82, 2.24) is 10.3 Å². The highest BCUT2D eigenvalue weighted by atomic mass is 16.5. The number of H-pyrrole nitrogens is 1. The van der Waals surface area contributed by atoms with Gasteiger partial charge in [0.25, 0.3) is 5.91 Å². The number of hydrogen-bond acceptors (Lipinski definition) is 4. The van der Waals surface area contributed by atoms with Crippen LogP contribution in [0.4, 0.5) is 0 Å². The number of carbonyl (C=O) groups is 2. The van der Waals surface area contributed by atoms with Crippen molar-refractivity contribution in [2.24, 2.45) is 5.92 Å². The highest BCUT2D eigenvalue weighted by molar-refractivity contribution is 5.97. The highest BCUT2D eigenvalue weighted by Crippen LogP contribution is 2.11. The molecule has 1 unspecified atom stereocenters. The molecule has 1 amide bonds. The molecule has 0 spiro atoms. The van der Waals surface area contributed by atoms with Crippen LogP contribution in [0.15, 0.2) is 36.5 Å². The Morgan fingerprint density at radius 1 is 1.33 bits per heavy atom. The Morgan fingerprint density at radius 3 is 2.79 bits per heavy atom. The molecule has 1 aromatic carbocycles. The minimum absolute atomic E-state index is 0.0191. The van der Waals surface area contributed by atoms with Gasteiger partial charge in [-0.3, -0.25) is 4.79 Å². The zero-order chi connectivity index (χ0) is 17.5. The van der Waals surface area contributed by atoms with Crippen LogP contribution in [0.25, 0.3) is 0 Å². The molecule has 1 atom stereocenters. The first-order valence-electron chi connectivity index (χ1n) is 7.74. The quantitative estimate of drug-likeness (QED) is 0.674. The summed E-state index contributed by atoms with van der Waals surface area (Å²) in [5.41, 5.74) is 2.86. The zero-order valence-electron chi connectivity index (χ0n) is 13.8. The van der Waals surface area contributed by atoms with Gasteiger partial charge in [0.2, 0.25) is 0 Å². The van der Waals surface area contributed by atoms with E-state index in [1.165, 1.54) is 19.4 Å². The van der Waals surface area contributed by atoms with Crippen molar-refractivity contribution >= 4 is 11.9 Å². The Kier molecular flexibility index (Phi) is 6.14. The lowest BCUT2D eigenvalue weighted by molar-refractivity contribution is 0.0595. The summed E-state index contributed by atoms with van der Waals surface area (Å²) < 4.78 is 4.59. The second kappa shape index (κ2) is 8.31. The second-order valence-corrected chi connectivity index (χ2v) is 5.75. The molecule has 0 radical (unpaired) electrons. The molecule has 0 fully saturated rings. The number of aryl methyl sites for hydroxylation is 1. The van der Waals surface area contributed by atoms with E-state index in [0.717, 1.165) is 11.1 Å². The summed E-state index contributed by atoms with van der Waals surface area (Å²) in [4.78, 5) is 26.2. The molecule has 24 heavy (non-hydrogen) atoms. The number of aliphatic hydroxyl groups is 1. The summed E-state index contributed by atoms with van der Waals surface area (Å²) in [5, 5.41) is 12.3. The van der Waals surface area contributed by atoms with E-state index in [0.29, 0.717) is 18.5 Å². The van der Waals surface area contributed by atoms with Gasteiger partial charge in [-0.1, -0.05) is 29.8 Å². The van der Waals surface area contributed by atoms with Crippen LogP contribution in [-0.2, 0) is 11.2 Å². The molecule has 0 saturated heterocycles. The van der Waals surface area contributed by atoms with Gasteiger partial charge in [0, 0.05) is 25.3 Å². The van der Waals surface area contributed by atoms with Crippen molar-refractivity contribution in [2.45, 2.75) is 13.3 Å². The summed E-state index contributed by atoms with van der Waals surface area (Å²) in [6.07, 6.45) is 2.13. The van der Waals surface area contributed by atoms with Crippen molar-refractivity contribution in [2.75, 3.05) is 20.3 Å². The van der Waals surface area contributed by atoms with Gasteiger partial charge in [-0.25, -0.2) is 4.79 Å². The van der Waals surface area contributed by atoms with Gasteiger partial charge in [0.15, 0.2) is 0 Å². The molecule has 2 aromatic rings. The van der Waals surface area contributed by atoms with Gasteiger partial charge in [0.05, 0.1) is 12.7 Å². The second-order valence-electron chi connectivity index (χ2n) is 5.75. The maximum absolute atomic E-state index is 12.1. The summed E-state index contributed by atoms with van der Waals surface area (Å²) in [5.74, 6) is -0.902. The van der Waals surface area contributed by atoms with Crippen molar-refractivity contribution in [3.05, 3.63) is 58.9 Å². The van der Waals surface area contributed by atoms with Crippen LogP contribution in [0.3, 0.4) is 0 Å². The molecular formula is C18H22N2O4. The molecule has 0 aliphatic rings. The lowest BCUT2D eigenvalue weighted by Crippen LogP contribution is -2.31. The van der Waals surface area contributed by atoms with E-state index in [9.17, 15) is 14.7 Å². The molecule has 6 nitrogen and oxygen atoms in total. The average Bonchev–Trinajstić information content (AvgIpc) is 3.07. The highest BCUT2D eigenvalue weighted by Gasteiger charge is 2.15. The fourth-order valence-electron chi connectivity index (χ4n) is 2.47. The van der Waals surface area contributed by atoms with E-state index in [4.69, 9.17) is 0 Å². The molecule has 128 valence electrons. The van der Waals surface area contributed by atoms with Gasteiger partial charge in [-0.05, 0) is 25.0 Å². The SMILES string of the molecule is COC(=O)c1cc(C(=O)NCC(CO)Cc2cccc(C)c2)c[nH]1. The first kappa shape index (κ1) is 17.7. The number of aromatic nitrogens is 1. The van der Waals surface area contributed by atoms with E-state index in [-0.39, 0.29) is 24.1 Å². The molecule has 6 heteroatoms. The average molecular weight is 330 g/mol. The van der Waals surface area contributed by atoms with E-state index in [2.05, 4.69) is 21.1 Å². The minimum atomic E-state index is -0.526. The Morgan fingerprint density at radius 2 is 2.12 bits per heavy atom. The van der Waals surface area contributed by atoms with Crippen molar-refractivity contribution in [3.8, 4) is 0 Å². The Balaban J connectivity index is 1.91. The molecule has 0 bridgehead atoms. The molecule has 2 rings (SSSR count). The summed E-state index contributed by atoms with van der Waals surface area (Å²) >= 11 is 0. The lowest BCUT2D eigenvalue weighted by atomic mass is 9.98. The Hall–Kier alpha value is -2.60. The smallest absolute Gasteiger partial charge is 0.354 e. The van der Waals surface area contributed by atoms with E-state index in [1.807, 2.05) is 25.1 Å². The lowest BCUT2D eigenvalue weighted by Gasteiger charge is -2.15. The van der Waals surface area contributed by atoms with Gasteiger partial charge in [-0.2, -0.15) is 0 Å². The first-order chi connectivity index (χ1) is 11.5. The molecular weight excluding hydrogens is 308 g/mol. The summed E-state index contributed by atoms with van der Waals surface area (Å²) in [6, 6.07) is 9.51. The number of aliphatic hydroxyl groups excluding tert-OH is 1. The number of aromatic amines is 1. The van der Waals surface area contributed by atoms with Gasteiger partial charge < -0.3 is 20.1 Å². The summed E-state index contributed by atoms with van der Waals surface area (Å²) in [7, 11) is 1.28. The fourth-order valence-corrected chi connectivity index (χ4v) is 2.47. The van der Waals surface area contributed by atoms with Gasteiger partial charge >= 0.3 is 5.97 Å². The first-order valence-corrected chi connectivity index (χ1v) is 7.74. The largest absolute Gasteiger partial charge is 0.464 e. The number of amides is 1. The fraction of sp³-hybridized carbons (Fsp3) is 0.333.